The standard InChI is InChI=1S/C24H28FN5O4S.C16H23FN2O2/c1-35(32,33)20-10-8-16(9-11-20)23-28-24(34-29-23)27-15-19-6-4-12-30(19)22(31)14-18(26)13-17-5-2-3-7-21(17)25;17-15-6-2-1-5-13(15)8-14(18)9-16(21)19-7-3-4-12(10-19)11-20/h2-3,5,7-11,18-19H,4,6,12-15,26H2,1H3,(H,27,28,29);1-2,5-6,12,14,20H,3-4,7-11,18H2/t18-,19?;12?,14-/m11/s1. The number of nitrogens with two attached hydrogens (primary N) is 2. The average molecular weight is 796 g/mol. The molecule has 4 aromatic rings. The lowest BCUT2D eigenvalue weighted by atomic mass is 9.97. The van der Waals surface area contributed by atoms with Crippen LogP contribution in [-0.4, -0.2) is 102 Å². The SMILES string of the molecule is CS(=O)(=O)c1ccc(-c2noc(NCC3CCCN3C(=O)C[C@H](N)Cc3ccccc3F)n2)cc1.N[C@@H](CC(=O)N1CCCC(CO)C1)Cc1ccccc1F. The molecule has 6 N–H and O–H groups in total. The van der Waals surface area contributed by atoms with Gasteiger partial charge in [0.2, 0.25) is 17.6 Å². The molecule has 0 radical (unpaired) electrons. The van der Waals surface area contributed by atoms with Crippen LogP contribution in [0.4, 0.5) is 14.8 Å². The fourth-order valence-corrected chi connectivity index (χ4v) is 7.65. The number of aromatic nitrogens is 2. The number of nitrogens with zero attached hydrogens (tertiary/aromatic N) is 4. The van der Waals surface area contributed by atoms with Crippen LogP contribution in [0.5, 0.6) is 0 Å². The van der Waals surface area contributed by atoms with Crippen molar-refractivity contribution < 1.29 is 36.4 Å². The third-order valence-electron chi connectivity index (χ3n) is 10.0. The highest BCUT2D eigenvalue weighted by atomic mass is 32.2. The van der Waals surface area contributed by atoms with Crippen LogP contribution in [0.3, 0.4) is 0 Å². The Kier molecular flexibility index (Phi) is 15.1. The van der Waals surface area contributed by atoms with Crippen LogP contribution < -0.4 is 16.8 Å². The van der Waals surface area contributed by atoms with Gasteiger partial charge in [-0.25, -0.2) is 17.2 Å². The van der Waals surface area contributed by atoms with Crippen LogP contribution in [0.25, 0.3) is 11.4 Å². The van der Waals surface area contributed by atoms with Gasteiger partial charge in [0.05, 0.1) is 4.90 Å². The molecule has 1 aromatic heterocycles. The van der Waals surface area contributed by atoms with Gasteiger partial charge in [0.25, 0.3) is 0 Å². The number of rotatable bonds is 14. The van der Waals surface area contributed by atoms with Crippen molar-refractivity contribution in [2.24, 2.45) is 17.4 Å². The Morgan fingerprint density at radius 3 is 2.07 bits per heavy atom. The lowest BCUT2D eigenvalue weighted by molar-refractivity contribution is -0.134. The molecule has 2 aliphatic rings. The van der Waals surface area contributed by atoms with E-state index in [1.54, 1.807) is 58.3 Å². The molecule has 0 saturated carbocycles. The van der Waals surface area contributed by atoms with Crippen LogP contribution in [-0.2, 0) is 32.3 Å². The number of nitrogens with one attached hydrogen (secondary N) is 1. The van der Waals surface area contributed by atoms with E-state index in [0.717, 1.165) is 38.5 Å². The van der Waals surface area contributed by atoms with Crippen LogP contribution in [0, 0.1) is 17.6 Å². The number of hydrogen-bond acceptors (Lipinski definition) is 11. The summed E-state index contributed by atoms with van der Waals surface area (Å²) in [6, 6.07) is 18.5. The zero-order chi connectivity index (χ0) is 40.2. The summed E-state index contributed by atoms with van der Waals surface area (Å²) in [5.74, 6) is -0.161. The Bertz CT molecular complexity index is 2020. The molecule has 4 atom stereocenters. The maximum absolute atomic E-state index is 13.9. The molecule has 3 aromatic carbocycles. The average Bonchev–Trinajstić information content (AvgIpc) is 3.86. The third kappa shape index (κ3) is 12.1. The molecule has 2 saturated heterocycles. The highest BCUT2D eigenvalue weighted by Crippen LogP contribution is 2.23. The predicted molar refractivity (Wildman–Crippen MR) is 208 cm³/mol. The van der Waals surface area contributed by atoms with Gasteiger partial charge in [0.1, 0.15) is 11.6 Å². The zero-order valence-corrected chi connectivity index (χ0v) is 32.3. The quantitative estimate of drug-likeness (QED) is 0.144. The number of halogens is 2. The number of aliphatic hydroxyl groups excluding tert-OH is 1. The van der Waals surface area contributed by atoms with Gasteiger partial charge in [0, 0.05) is 75.6 Å². The van der Waals surface area contributed by atoms with Gasteiger partial charge < -0.3 is 36.2 Å². The Labute approximate surface area is 326 Å². The summed E-state index contributed by atoms with van der Waals surface area (Å²) in [7, 11) is -3.29. The fourth-order valence-electron chi connectivity index (χ4n) is 7.02. The van der Waals surface area contributed by atoms with Gasteiger partial charge in [-0.05, 0) is 92.0 Å². The van der Waals surface area contributed by atoms with E-state index in [0.29, 0.717) is 55.0 Å². The molecule has 0 bridgehead atoms. The number of amides is 2. The van der Waals surface area contributed by atoms with E-state index in [-0.39, 0.29) is 71.8 Å². The van der Waals surface area contributed by atoms with Crippen molar-refractivity contribution in [3.8, 4) is 11.4 Å². The van der Waals surface area contributed by atoms with E-state index in [2.05, 4.69) is 15.5 Å². The molecule has 2 amide bonds. The zero-order valence-electron chi connectivity index (χ0n) is 31.5. The number of sulfone groups is 1. The number of aliphatic hydroxyl groups is 1. The predicted octanol–water partition coefficient (Wildman–Crippen LogP) is 3.96. The molecule has 2 aliphatic heterocycles. The number of piperidine rings is 1. The smallest absolute Gasteiger partial charge is 0.321 e. The molecule has 56 heavy (non-hydrogen) atoms. The number of benzene rings is 3. The van der Waals surface area contributed by atoms with Gasteiger partial charge in [-0.1, -0.05) is 41.6 Å². The molecule has 13 nitrogen and oxygen atoms in total. The summed E-state index contributed by atoms with van der Waals surface area (Å²) < 4.78 is 55.9. The number of carbonyl (C=O) groups is 2. The normalized spacial score (nSPS) is 18.2. The summed E-state index contributed by atoms with van der Waals surface area (Å²) >= 11 is 0. The minimum Gasteiger partial charge on any atom is -0.396 e. The van der Waals surface area contributed by atoms with E-state index >= 15 is 0 Å². The first kappa shape index (κ1) is 42.4. The second kappa shape index (κ2) is 19.9. The molecule has 6 rings (SSSR count). The minimum absolute atomic E-state index is 0.00279. The van der Waals surface area contributed by atoms with E-state index < -0.39 is 15.9 Å². The van der Waals surface area contributed by atoms with E-state index in [1.807, 2.05) is 0 Å². The minimum atomic E-state index is -3.29. The molecule has 3 heterocycles. The third-order valence-corrected chi connectivity index (χ3v) is 11.2. The lowest BCUT2D eigenvalue weighted by Gasteiger charge is -2.32. The van der Waals surface area contributed by atoms with Crippen molar-refractivity contribution >= 4 is 27.7 Å². The molecule has 0 aliphatic carbocycles. The first-order valence-corrected chi connectivity index (χ1v) is 20.7. The summed E-state index contributed by atoms with van der Waals surface area (Å²) in [5, 5.41) is 16.2. The monoisotopic (exact) mass is 795 g/mol. The summed E-state index contributed by atoms with van der Waals surface area (Å²) in [6.07, 6.45) is 5.73. The highest BCUT2D eigenvalue weighted by Gasteiger charge is 2.30. The summed E-state index contributed by atoms with van der Waals surface area (Å²) in [4.78, 5) is 33.2. The maximum atomic E-state index is 13.9. The van der Waals surface area contributed by atoms with Crippen molar-refractivity contribution in [1.29, 1.82) is 0 Å². The molecule has 2 unspecified atom stereocenters. The Balaban J connectivity index is 0.000000244. The fraction of sp³-hybridized carbons (Fsp3) is 0.450. The van der Waals surface area contributed by atoms with E-state index in [1.165, 1.54) is 24.3 Å². The largest absolute Gasteiger partial charge is 0.396 e. The van der Waals surface area contributed by atoms with Crippen molar-refractivity contribution in [3.05, 3.63) is 95.6 Å². The first-order valence-electron chi connectivity index (χ1n) is 18.8. The van der Waals surface area contributed by atoms with Crippen molar-refractivity contribution in [2.75, 3.05) is 44.4 Å². The lowest BCUT2D eigenvalue weighted by Crippen LogP contribution is -2.43. The van der Waals surface area contributed by atoms with Gasteiger partial charge in [-0.3, -0.25) is 9.59 Å². The van der Waals surface area contributed by atoms with Crippen LogP contribution >= 0.6 is 0 Å². The second-order valence-electron chi connectivity index (χ2n) is 14.5. The number of hydrogen-bond donors (Lipinski definition) is 4. The topological polar surface area (TPSA) is 198 Å². The van der Waals surface area contributed by atoms with Crippen molar-refractivity contribution in [3.63, 3.8) is 0 Å². The van der Waals surface area contributed by atoms with Gasteiger partial charge >= 0.3 is 6.01 Å². The summed E-state index contributed by atoms with van der Waals surface area (Å²) in [6.45, 7) is 2.51. The highest BCUT2D eigenvalue weighted by molar-refractivity contribution is 7.90. The van der Waals surface area contributed by atoms with E-state index in [4.69, 9.17) is 16.0 Å². The van der Waals surface area contributed by atoms with Gasteiger partial charge in [-0.15, -0.1) is 0 Å². The van der Waals surface area contributed by atoms with Crippen LogP contribution in [0.15, 0.2) is 82.2 Å². The van der Waals surface area contributed by atoms with Crippen molar-refractivity contribution in [1.82, 2.24) is 19.9 Å². The molecule has 302 valence electrons. The Morgan fingerprint density at radius 1 is 0.893 bits per heavy atom. The van der Waals surface area contributed by atoms with Crippen LogP contribution in [0.2, 0.25) is 0 Å². The number of likely N-dealkylation sites (tertiary alicyclic amines) is 2. The molecule has 0 spiro atoms. The van der Waals surface area contributed by atoms with Gasteiger partial charge in [-0.2, -0.15) is 4.98 Å². The van der Waals surface area contributed by atoms with Crippen molar-refractivity contribution in [2.45, 2.75) is 74.4 Å². The van der Waals surface area contributed by atoms with Crippen LogP contribution in [0.1, 0.15) is 49.7 Å². The molecule has 2 fully saturated rings. The molecular formula is C40H51F2N7O6S. The van der Waals surface area contributed by atoms with E-state index in [9.17, 15) is 31.9 Å². The Morgan fingerprint density at radius 2 is 1.48 bits per heavy atom. The van der Waals surface area contributed by atoms with Gasteiger partial charge in [0.15, 0.2) is 9.84 Å². The second-order valence-corrected chi connectivity index (χ2v) is 16.5. The number of anilines is 1. The molecular weight excluding hydrogens is 745 g/mol. The first-order chi connectivity index (χ1) is 26.8. The Hall–Kier alpha value is -4.77. The number of carbonyl (C=O) groups excluding carboxylic acids is 2. The maximum Gasteiger partial charge on any atom is 0.321 e. The summed E-state index contributed by atoms with van der Waals surface area (Å²) in [5.41, 5.74) is 13.8. The molecule has 16 heteroatoms.